The molecule has 2 nitrogen and oxygen atoms in total. The van der Waals surface area contributed by atoms with Gasteiger partial charge in [-0.15, -0.1) is 17.9 Å². The van der Waals surface area contributed by atoms with Crippen molar-refractivity contribution in [3.8, 4) is 0 Å². The number of benzene rings is 1. The molecule has 0 amide bonds. The maximum atomic E-state index is 13.2. The van der Waals surface area contributed by atoms with E-state index >= 15 is 0 Å². The van der Waals surface area contributed by atoms with Crippen molar-refractivity contribution >= 4 is 21.4 Å². The molecule has 0 radical (unpaired) electrons. The largest absolute Gasteiger partial charge is 0.271 e. The van der Waals surface area contributed by atoms with Gasteiger partial charge < -0.3 is 0 Å². The number of fused-ring (bicyclic) bond motifs is 1. The van der Waals surface area contributed by atoms with Crippen LogP contribution in [0.1, 0.15) is 43.0 Å². The zero-order valence-electron chi connectivity index (χ0n) is 11.6. The fraction of sp³-hybridized carbons (Fsp3) is 0.375. The van der Waals surface area contributed by atoms with Crippen LogP contribution in [-0.4, -0.2) is 0 Å². The zero-order valence-corrected chi connectivity index (χ0v) is 12.4. The van der Waals surface area contributed by atoms with Crippen LogP contribution in [0.3, 0.4) is 0 Å². The number of nitrogens with one attached hydrogen (secondary N) is 1. The van der Waals surface area contributed by atoms with Gasteiger partial charge in [-0.2, -0.15) is 0 Å². The van der Waals surface area contributed by atoms with E-state index < -0.39 is 0 Å². The molecule has 0 aliphatic rings. The molecule has 0 aliphatic carbocycles. The number of rotatable bonds is 8. The molecule has 0 fully saturated rings. The van der Waals surface area contributed by atoms with Gasteiger partial charge >= 0.3 is 0 Å². The van der Waals surface area contributed by atoms with Gasteiger partial charge in [0.2, 0.25) is 0 Å². The fourth-order valence-electron chi connectivity index (χ4n) is 2.32. The first-order valence-corrected chi connectivity index (χ1v) is 7.82. The zero-order chi connectivity index (χ0) is 14.4. The lowest BCUT2D eigenvalue weighted by Crippen LogP contribution is -2.27. The summed E-state index contributed by atoms with van der Waals surface area (Å²) in [6.45, 7) is 3.73. The number of halogens is 1. The maximum Gasteiger partial charge on any atom is 0.124 e. The highest BCUT2D eigenvalue weighted by molar-refractivity contribution is 7.19. The van der Waals surface area contributed by atoms with Crippen molar-refractivity contribution in [1.29, 1.82) is 0 Å². The first-order chi connectivity index (χ1) is 9.74. The molecule has 2 rings (SSSR count). The number of hydrogen-bond acceptors (Lipinski definition) is 3. The summed E-state index contributed by atoms with van der Waals surface area (Å²) in [7, 11) is 0. The molecular formula is C16H21FN2S. The summed E-state index contributed by atoms with van der Waals surface area (Å²) >= 11 is 1.61. The van der Waals surface area contributed by atoms with Crippen molar-refractivity contribution in [2.45, 2.75) is 38.1 Å². The van der Waals surface area contributed by atoms with Crippen molar-refractivity contribution in [3.05, 3.63) is 47.6 Å². The average Bonchev–Trinajstić information content (AvgIpc) is 2.85. The van der Waals surface area contributed by atoms with Gasteiger partial charge in [-0.1, -0.05) is 25.0 Å². The number of nitrogens with two attached hydrogens (primary N) is 1. The molecule has 1 unspecified atom stereocenters. The minimum absolute atomic E-state index is 0.152. The van der Waals surface area contributed by atoms with Crippen molar-refractivity contribution in [1.82, 2.24) is 5.43 Å². The van der Waals surface area contributed by atoms with E-state index in [0.717, 1.165) is 29.3 Å². The second-order valence-electron chi connectivity index (χ2n) is 4.98. The van der Waals surface area contributed by atoms with Gasteiger partial charge in [-0.25, -0.2) is 4.39 Å². The van der Waals surface area contributed by atoms with E-state index in [0.29, 0.717) is 0 Å². The molecule has 4 heteroatoms. The Bertz CT molecular complexity index is 565. The number of hydrogen-bond donors (Lipinski definition) is 2. The van der Waals surface area contributed by atoms with Crippen LogP contribution in [0.5, 0.6) is 0 Å². The van der Waals surface area contributed by atoms with E-state index in [1.807, 2.05) is 12.1 Å². The second kappa shape index (κ2) is 7.53. The molecule has 0 bridgehead atoms. The predicted molar refractivity (Wildman–Crippen MR) is 85.1 cm³/mol. The summed E-state index contributed by atoms with van der Waals surface area (Å²) in [6, 6.07) is 7.16. The topological polar surface area (TPSA) is 38.0 Å². The molecule has 0 spiro atoms. The van der Waals surface area contributed by atoms with E-state index in [4.69, 9.17) is 5.84 Å². The van der Waals surface area contributed by atoms with E-state index in [1.54, 1.807) is 17.4 Å². The molecule has 0 aliphatic heterocycles. The minimum Gasteiger partial charge on any atom is -0.271 e. The second-order valence-corrected chi connectivity index (χ2v) is 6.09. The molecule has 20 heavy (non-hydrogen) atoms. The Hall–Kier alpha value is -1.23. The van der Waals surface area contributed by atoms with Crippen LogP contribution in [0.25, 0.3) is 10.1 Å². The third kappa shape index (κ3) is 3.88. The summed E-state index contributed by atoms with van der Waals surface area (Å²) in [5, 5.41) is 1.08. The van der Waals surface area contributed by atoms with Crippen molar-refractivity contribution in [3.63, 3.8) is 0 Å². The highest BCUT2D eigenvalue weighted by atomic mass is 32.1. The van der Waals surface area contributed by atoms with Gasteiger partial charge in [0, 0.05) is 9.58 Å². The first-order valence-electron chi connectivity index (χ1n) is 7.00. The first kappa shape index (κ1) is 15.2. The van der Waals surface area contributed by atoms with Crippen molar-refractivity contribution in [2.75, 3.05) is 0 Å². The average molecular weight is 292 g/mol. The van der Waals surface area contributed by atoms with Crippen molar-refractivity contribution in [2.24, 2.45) is 5.84 Å². The Morgan fingerprint density at radius 1 is 1.30 bits per heavy atom. The van der Waals surface area contributed by atoms with Crippen molar-refractivity contribution < 1.29 is 4.39 Å². The molecule has 1 aromatic heterocycles. The molecular weight excluding hydrogens is 271 g/mol. The predicted octanol–water partition coefficient (Wildman–Crippen LogP) is 4.68. The number of allylic oxidation sites excluding steroid dienone is 1. The quantitative estimate of drug-likeness (QED) is 0.321. The molecule has 1 atom stereocenters. The van der Waals surface area contributed by atoms with Gasteiger partial charge in [0.05, 0.1) is 6.04 Å². The van der Waals surface area contributed by atoms with Crippen LogP contribution in [0, 0.1) is 5.82 Å². The Labute approximate surface area is 123 Å². The molecule has 1 aromatic carbocycles. The third-order valence-corrected chi connectivity index (χ3v) is 4.66. The normalized spacial score (nSPS) is 12.7. The van der Waals surface area contributed by atoms with E-state index in [9.17, 15) is 4.39 Å². The van der Waals surface area contributed by atoms with E-state index in [1.165, 1.54) is 23.8 Å². The Balaban J connectivity index is 1.99. The Kier molecular flexibility index (Phi) is 5.71. The fourth-order valence-corrected chi connectivity index (χ4v) is 3.50. The molecule has 0 saturated heterocycles. The van der Waals surface area contributed by atoms with Crippen LogP contribution < -0.4 is 11.3 Å². The van der Waals surface area contributed by atoms with Gasteiger partial charge in [-0.3, -0.25) is 11.3 Å². The molecule has 3 N–H and O–H groups in total. The van der Waals surface area contributed by atoms with Crippen LogP contribution in [0.2, 0.25) is 0 Å². The third-order valence-electron chi connectivity index (χ3n) is 3.45. The Morgan fingerprint density at radius 3 is 2.90 bits per heavy atom. The smallest absolute Gasteiger partial charge is 0.124 e. The highest BCUT2D eigenvalue weighted by Crippen LogP contribution is 2.32. The number of unbranched alkanes of at least 4 members (excludes halogenated alkanes) is 3. The lowest BCUT2D eigenvalue weighted by Gasteiger charge is -2.13. The highest BCUT2D eigenvalue weighted by Gasteiger charge is 2.13. The van der Waals surface area contributed by atoms with Crippen LogP contribution in [-0.2, 0) is 0 Å². The Morgan fingerprint density at radius 2 is 2.15 bits per heavy atom. The van der Waals surface area contributed by atoms with Gasteiger partial charge in [0.25, 0.3) is 0 Å². The summed E-state index contributed by atoms with van der Waals surface area (Å²) in [5.74, 6) is 5.48. The number of thiophene rings is 1. The van der Waals surface area contributed by atoms with E-state index in [2.05, 4.69) is 18.1 Å². The minimum atomic E-state index is -0.187. The SMILES string of the molecule is C=CCCCCCC(NN)c1cc2ccc(F)cc2s1. The van der Waals surface area contributed by atoms with Crippen LogP contribution in [0.4, 0.5) is 4.39 Å². The summed E-state index contributed by atoms with van der Waals surface area (Å²) < 4.78 is 14.2. The van der Waals surface area contributed by atoms with Crippen LogP contribution in [0.15, 0.2) is 36.9 Å². The van der Waals surface area contributed by atoms with E-state index in [-0.39, 0.29) is 11.9 Å². The van der Waals surface area contributed by atoms with Crippen LogP contribution >= 0.6 is 11.3 Å². The summed E-state index contributed by atoms with van der Waals surface area (Å²) in [5.41, 5.74) is 2.88. The monoisotopic (exact) mass is 292 g/mol. The summed E-state index contributed by atoms with van der Waals surface area (Å²) in [4.78, 5) is 1.18. The molecule has 108 valence electrons. The number of hydrazine groups is 1. The van der Waals surface area contributed by atoms with Gasteiger partial charge in [0.15, 0.2) is 0 Å². The maximum absolute atomic E-state index is 13.2. The molecule has 1 heterocycles. The summed E-state index contributed by atoms with van der Waals surface area (Å²) in [6.07, 6.45) is 7.53. The molecule has 2 aromatic rings. The lowest BCUT2D eigenvalue weighted by atomic mass is 10.1. The molecule has 0 saturated carbocycles. The lowest BCUT2D eigenvalue weighted by molar-refractivity contribution is 0.490. The van der Waals surface area contributed by atoms with Gasteiger partial charge in [0.1, 0.15) is 5.82 Å². The standard InChI is InChI=1S/C16H21FN2S/c1-2-3-4-5-6-7-14(19-18)16-10-12-8-9-13(17)11-15(12)20-16/h2,8-11,14,19H,1,3-7,18H2. The van der Waals surface area contributed by atoms with Gasteiger partial charge in [-0.05, 0) is 42.8 Å².